The summed E-state index contributed by atoms with van der Waals surface area (Å²) in [4.78, 5) is 2.48. The second-order valence-electron chi connectivity index (χ2n) is 17.2. The molecule has 1 heteroatoms. The molecule has 0 saturated carbocycles. The van der Waals surface area contributed by atoms with Crippen molar-refractivity contribution in [2.24, 2.45) is 0 Å². The van der Waals surface area contributed by atoms with Crippen molar-refractivity contribution in [1.82, 2.24) is 0 Å². The second-order valence-corrected chi connectivity index (χ2v) is 17.2. The van der Waals surface area contributed by atoms with Crippen LogP contribution in [0.1, 0.15) is 76.6 Å². The molecule has 266 valence electrons. The summed E-state index contributed by atoms with van der Waals surface area (Å²) in [6.07, 6.45) is 2.39. The third kappa shape index (κ3) is 5.61. The lowest BCUT2D eigenvalue weighted by atomic mass is 9.63. The Morgan fingerprint density at radius 1 is 0.352 bits per heavy atom. The van der Waals surface area contributed by atoms with Crippen molar-refractivity contribution in [3.05, 3.63) is 186 Å². The van der Waals surface area contributed by atoms with E-state index in [9.17, 15) is 0 Å². The highest BCUT2D eigenvalue weighted by Gasteiger charge is 2.39. The van der Waals surface area contributed by atoms with Crippen LogP contribution in [0.3, 0.4) is 0 Å². The molecule has 0 heterocycles. The van der Waals surface area contributed by atoms with Crippen molar-refractivity contribution in [3.8, 4) is 44.5 Å². The van der Waals surface area contributed by atoms with Gasteiger partial charge in [-0.15, -0.1) is 0 Å². The van der Waals surface area contributed by atoms with Crippen LogP contribution in [-0.4, -0.2) is 0 Å². The van der Waals surface area contributed by atoms with Gasteiger partial charge in [-0.1, -0.05) is 169 Å². The first-order valence-corrected chi connectivity index (χ1v) is 19.6. The van der Waals surface area contributed by atoms with E-state index in [4.69, 9.17) is 0 Å². The van der Waals surface area contributed by atoms with Gasteiger partial charge in [-0.25, -0.2) is 0 Å². The number of fused-ring (bicyclic) bond motifs is 4. The molecule has 7 aromatic carbocycles. The van der Waals surface area contributed by atoms with Crippen LogP contribution in [-0.2, 0) is 16.2 Å². The summed E-state index contributed by atoms with van der Waals surface area (Å²) in [7, 11) is 0. The standard InChI is InChI=1S/C53H49N/c1-51(2)31-32-52(3,4)49-33-38(27-30-47(49)51)44-34-45-43-23-15-16-24-46(43)53(5,6)48(45)35-50(44)54(39-19-11-8-12-20-39)40-28-25-37(26-29-40)42-22-14-13-21-41(42)36-17-9-7-10-18-36/h7-30,33-35H,31-32H2,1-6H3. The monoisotopic (exact) mass is 699 g/mol. The van der Waals surface area contributed by atoms with Crippen LogP contribution in [0.2, 0.25) is 0 Å². The number of hydrogen-bond donors (Lipinski definition) is 0. The Balaban J connectivity index is 1.26. The fraction of sp³-hybridized carbons (Fsp3) is 0.208. The molecular formula is C53H49N. The van der Waals surface area contributed by atoms with E-state index in [0.717, 1.165) is 11.4 Å². The van der Waals surface area contributed by atoms with E-state index in [1.807, 2.05) is 0 Å². The molecule has 2 aliphatic rings. The van der Waals surface area contributed by atoms with Gasteiger partial charge in [0.25, 0.3) is 0 Å². The van der Waals surface area contributed by atoms with Crippen LogP contribution in [0.25, 0.3) is 44.5 Å². The molecular weight excluding hydrogens is 651 g/mol. The summed E-state index contributed by atoms with van der Waals surface area (Å²) in [5, 5.41) is 0. The minimum absolute atomic E-state index is 0.108. The summed E-state index contributed by atoms with van der Waals surface area (Å²) in [5.41, 5.74) is 19.5. The molecule has 0 bridgehead atoms. The van der Waals surface area contributed by atoms with Gasteiger partial charge in [-0.2, -0.15) is 0 Å². The van der Waals surface area contributed by atoms with Gasteiger partial charge >= 0.3 is 0 Å². The van der Waals surface area contributed by atoms with Gasteiger partial charge in [0, 0.05) is 22.4 Å². The van der Waals surface area contributed by atoms with Gasteiger partial charge in [0.05, 0.1) is 5.69 Å². The van der Waals surface area contributed by atoms with Crippen LogP contribution in [0, 0.1) is 0 Å². The first kappa shape index (κ1) is 34.1. The summed E-state index contributed by atoms with van der Waals surface area (Å²) >= 11 is 0. The molecule has 7 aromatic rings. The Kier molecular flexibility index (Phi) is 8.05. The first-order chi connectivity index (χ1) is 26.0. The number of hydrogen-bond acceptors (Lipinski definition) is 1. The fourth-order valence-electron chi connectivity index (χ4n) is 9.31. The Morgan fingerprint density at radius 3 is 1.54 bits per heavy atom. The number of nitrogens with zero attached hydrogens (tertiary/aromatic N) is 1. The molecule has 0 spiro atoms. The maximum atomic E-state index is 2.53. The van der Waals surface area contributed by atoms with Crippen LogP contribution < -0.4 is 4.90 Å². The van der Waals surface area contributed by atoms with Crippen LogP contribution >= 0.6 is 0 Å². The summed E-state index contributed by atoms with van der Waals surface area (Å²) in [6.45, 7) is 14.5. The van der Waals surface area contributed by atoms with E-state index in [1.54, 1.807) is 0 Å². The van der Waals surface area contributed by atoms with Gasteiger partial charge in [0.2, 0.25) is 0 Å². The highest BCUT2D eigenvalue weighted by atomic mass is 15.1. The SMILES string of the molecule is CC1(C)CCC(C)(C)c2cc(-c3cc4c(cc3N(c3ccccc3)c3ccc(-c5ccccc5-c5ccccc5)cc3)C(C)(C)c3ccccc3-4)ccc21. The Hall–Kier alpha value is -5.66. The predicted molar refractivity (Wildman–Crippen MR) is 230 cm³/mol. The minimum atomic E-state index is -0.131. The molecule has 54 heavy (non-hydrogen) atoms. The normalized spacial score (nSPS) is 15.9. The zero-order valence-corrected chi connectivity index (χ0v) is 32.4. The second kappa shape index (κ2) is 12.7. The predicted octanol–water partition coefficient (Wildman–Crippen LogP) is 14.8. The molecule has 0 aliphatic heterocycles. The van der Waals surface area contributed by atoms with Crippen LogP contribution in [0.5, 0.6) is 0 Å². The van der Waals surface area contributed by atoms with Gasteiger partial charge < -0.3 is 4.90 Å². The molecule has 0 N–H and O–H groups in total. The van der Waals surface area contributed by atoms with Crippen molar-refractivity contribution in [2.45, 2.75) is 70.6 Å². The van der Waals surface area contributed by atoms with E-state index >= 15 is 0 Å². The van der Waals surface area contributed by atoms with Crippen molar-refractivity contribution < 1.29 is 0 Å². The molecule has 0 amide bonds. The Labute approximate surface area is 322 Å². The van der Waals surface area contributed by atoms with Crippen molar-refractivity contribution in [1.29, 1.82) is 0 Å². The van der Waals surface area contributed by atoms with Gasteiger partial charge in [-0.3, -0.25) is 0 Å². The van der Waals surface area contributed by atoms with Gasteiger partial charge in [0.1, 0.15) is 0 Å². The number of anilines is 3. The van der Waals surface area contributed by atoms with Gasteiger partial charge in [-0.05, 0) is 121 Å². The van der Waals surface area contributed by atoms with Crippen LogP contribution in [0.15, 0.2) is 164 Å². The summed E-state index contributed by atoms with van der Waals surface area (Å²) in [6, 6.07) is 60.9. The van der Waals surface area contributed by atoms with Crippen molar-refractivity contribution in [2.75, 3.05) is 4.90 Å². The van der Waals surface area contributed by atoms with E-state index in [0.29, 0.717) is 0 Å². The Bertz CT molecular complexity index is 2500. The number of rotatable bonds is 6. The minimum Gasteiger partial charge on any atom is -0.310 e. The maximum Gasteiger partial charge on any atom is 0.0543 e. The molecule has 0 aromatic heterocycles. The largest absolute Gasteiger partial charge is 0.310 e. The smallest absolute Gasteiger partial charge is 0.0543 e. The molecule has 0 saturated heterocycles. The lowest BCUT2D eigenvalue weighted by Crippen LogP contribution is -2.33. The average molecular weight is 700 g/mol. The summed E-state index contributed by atoms with van der Waals surface area (Å²) in [5.74, 6) is 0. The Morgan fingerprint density at radius 2 is 0.870 bits per heavy atom. The van der Waals surface area contributed by atoms with Gasteiger partial charge in [0.15, 0.2) is 0 Å². The molecule has 1 nitrogen and oxygen atoms in total. The zero-order chi connectivity index (χ0) is 37.2. The van der Waals surface area contributed by atoms with E-state index in [1.165, 1.54) is 85.3 Å². The first-order valence-electron chi connectivity index (χ1n) is 19.6. The lowest BCUT2D eigenvalue weighted by Gasteiger charge is -2.42. The molecule has 0 unspecified atom stereocenters. The maximum absolute atomic E-state index is 2.53. The molecule has 0 fully saturated rings. The third-order valence-electron chi connectivity index (χ3n) is 12.6. The molecule has 0 radical (unpaired) electrons. The molecule has 0 atom stereocenters. The lowest BCUT2D eigenvalue weighted by molar-refractivity contribution is 0.332. The number of benzene rings is 7. The van der Waals surface area contributed by atoms with E-state index in [2.05, 4.69) is 210 Å². The molecule has 2 aliphatic carbocycles. The van der Waals surface area contributed by atoms with E-state index < -0.39 is 0 Å². The quantitative estimate of drug-likeness (QED) is 0.167. The average Bonchev–Trinajstić information content (AvgIpc) is 3.42. The van der Waals surface area contributed by atoms with Crippen molar-refractivity contribution >= 4 is 17.1 Å². The van der Waals surface area contributed by atoms with E-state index in [-0.39, 0.29) is 16.2 Å². The highest BCUT2D eigenvalue weighted by Crippen LogP contribution is 2.54. The summed E-state index contributed by atoms with van der Waals surface area (Å²) < 4.78 is 0. The fourth-order valence-corrected chi connectivity index (χ4v) is 9.31. The topological polar surface area (TPSA) is 3.24 Å². The third-order valence-corrected chi connectivity index (χ3v) is 12.6. The highest BCUT2D eigenvalue weighted by molar-refractivity contribution is 5.95. The van der Waals surface area contributed by atoms with Crippen molar-refractivity contribution in [3.63, 3.8) is 0 Å². The zero-order valence-electron chi connectivity index (χ0n) is 32.4. The molecule has 9 rings (SSSR count). The number of para-hydroxylation sites is 1. The van der Waals surface area contributed by atoms with Crippen LogP contribution in [0.4, 0.5) is 17.1 Å².